The van der Waals surface area contributed by atoms with Crippen molar-refractivity contribution >= 4 is 0 Å². The van der Waals surface area contributed by atoms with E-state index < -0.39 is 0 Å². The average molecular weight is 179 g/mol. The number of nitrogens with two attached hydrogens (primary N) is 1. The normalized spacial score (nSPS) is 10.5. The lowest BCUT2D eigenvalue weighted by Gasteiger charge is -2.01. The lowest BCUT2D eigenvalue weighted by Crippen LogP contribution is -2.09. The van der Waals surface area contributed by atoms with Crippen LogP contribution in [0.5, 0.6) is 0 Å². The molecule has 0 spiro atoms. The van der Waals surface area contributed by atoms with Gasteiger partial charge < -0.3 is 14.8 Å². The van der Waals surface area contributed by atoms with Crippen LogP contribution in [0.3, 0.4) is 0 Å². The fraction of sp³-hybridized carbons (Fsp3) is 0.286. The number of imidazole rings is 1. The summed E-state index contributed by atoms with van der Waals surface area (Å²) in [7, 11) is 0. The zero-order valence-electron chi connectivity index (χ0n) is 6.92. The van der Waals surface area contributed by atoms with Crippen molar-refractivity contribution in [2.75, 3.05) is 0 Å². The van der Waals surface area contributed by atoms with E-state index in [2.05, 4.69) is 19.6 Å². The second-order valence-electron chi connectivity index (χ2n) is 2.52. The summed E-state index contributed by atoms with van der Waals surface area (Å²) in [6, 6.07) is 0. The maximum absolute atomic E-state index is 5.48. The molecule has 0 bridgehead atoms. The van der Waals surface area contributed by atoms with E-state index in [9.17, 15) is 0 Å². The van der Waals surface area contributed by atoms with Gasteiger partial charge in [0.25, 0.3) is 0 Å². The quantitative estimate of drug-likeness (QED) is 0.703. The van der Waals surface area contributed by atoms with Gasteiger partial charge in [0.05, 0.1) is 13.1 Å². The third-order valence-corrected chi connectivity index (χ3v) is 1.70. The molecule has 0 saturated carbocycles. The molecule has 2 rings (SSSR count). The summed E-state index contributed by atoms with van der Waals surface area (Å²) in [6.45, 7) is 0.952. The molecule has 0 aliphatic heterocycles. The van der Waals surface area contributed by atoms with E-state index in [1.165, 1.54) is 6.39 Å². The first-order chi connectivity index (χ1) is 6.40. The number of nitrogens with zero attached hydrogens (tertiary/aromatic N) is 4. The van der Waals surface area contributed by atoms with Crippen LogP contribution in [0.4, 0.5) is 0 Å². The molecule has 6 nitrogen and oxygen atoms in total. The lowest BCUT2D eigenvalue weighted by atomic mass is 10.5. The minimum absolute atomic E-state index is 0.408. The van der Waals surface area contributed by atoms with Crippen molar-refractivity contribution in [3.8, 4) is 0 Å². The number of aromatic nitrogens is 4. The molecule has 0 fully saturated rings. The Bertz CT molecular complexity index is 366. The van der Waals surface area contributed by atoms with Gasteiger partial charge in [-0.05, 0) is 0 Å². The van der Waals surface area contributed by atoms with Gasteiger partial charge in [-0.1, -0.05) is 5.16 Å². The van der Waals surface area contributed by atoms with Crippen molar-refractivity contribution in [1.82, 2.24) is 19.7 Å². The molecular weight excluding hydrogens is 170 g/mol. The van der Waals surface area contributed by atoms with Crippen molar-refractivity contribution in [2.24, 2.45) is 5.73 Å². The van der Waals surface area contributed by atoms with Crippen molar-refractivity contribution < 1.29 is 4.52 Å². The Morgan fingerprint density at radius 3 is 3.08 bits per heavy atom. The molecular formula is C7H9N5O. The maximum Gasteiger partial charge on any atom is 0.213 e. The fourth-order valence-electron chi connectivity index (χ4n) is 1.09. The monoisotopic (exact) mass is 179 g/mol. The molecule has 13 heavy (non-hydrogen) atoms. The van der Waals surface area contributed by atoms with E-state index in [4.69, 9.17) is 5.73 Å². The molecule has 2 aromatic rings. The van der Waals surface area contributed by atoms with Crippen molar-refractivity contribution in [1.29, 1.82) is 0 Å². The first-order valence-corrected chi connectivity index (χ1v) is 3.85. The van der Waals surface area contributed by atoms with Crippen LogP contribution in [0.25, 0.3) is 0 Å². The highest BCUT2D eigenvalue weighted by Crippen LogP contribution is 1.99. The average Bonchev–Trinajstić information content (AvgIpc) is 2.76. The molecule has 0 radical (unpaired) electrons. The molecule has 0 aliphatic rings. The third-order valence-electron chi connectivity index (χ3n) is 1.70. The molecule has 68 valence electrons. The second kappa shape index (κ2) is 3.36. The molecule has 2 heterocycles. The van der Waals surface area contributed by atoms with Gasteiger partial charge in [-0.15, -0.1) is 0 Å². The van der Waals surface area contributed by atoms with Crippen LogP contribution in [0.15, 0.2) is 23.3 Å². The molecule has 2 N–H and O–H groups in total. The maximum atomic E-state index is 5.48. The van der Waals surface area contributed by atoms with Crippen LogP contribution >= 0.6 is 0 Å². The predicted molar refractivity (Wildman–Crippen MR) is 43.5 cm³/mol. The van der Waals surface area contributed by atoms with Crippen molar-refractivity contribution in [2.45, 2.75) is 13.1 Å². The third kappa shape index (κ3) is 1.57. The summed E-state index contributed by atoms with van der Waals surface area (Å²) in [5.41, 5.74) is 5.48. The van der Waals surface area contributed by atoms with Crippen LogP contribution in [0.1, 0.15) is 11.6 Å². The van der Waals surface area contributed by atoms with E-state index >= 15 is 0 Å². The zero-order valence-corrected chi connectivity index (χ0v) is 6.92. The highest BCUT2D eigenvalue weighted by Gasteiger charge is 2.03. The Hall–Kier alpha value is -1.69. The van der Waals surface area contributed by atoms with Gasteiger partial charge in [0, 0.05) is 12.4 Å². The summed E-state index contributed by atoms with van der Waals surface area (Å²) in [5.74, 6) is 1.43. The molecule has 0 aromatic carbocycles. The molecule has 6 heteroatoms. The van der Waals surface area contributed by atoms with Gasteiger partial charge in [0.2, 0.25) is 6.39 Å². The molecule has 0 atom stereocenters. The highest BCUT2D eigenvalue weighted by molar-refractivity contribution is 4.95. The predicted octanol–water partition coefficient (Wildman–Crippen LogP) is -0.227. The molecule has 0 saturated heterocycles. The Kier molecular flexibility index (Phi) is 2.05. The molecule has 0 amide bonds. The van der Waals surface area contributed by atoms with Gasteiger partial charge >= 0.3 is 0 Å². The summed E-state index contributed by atoms with van der Waals surface area (Å²) in [5, 5.41) is 3.69. The molecule has 2 aromatic heterocycles. The Morgan fingerprint density at radius 1 is 1.46 bits per heavy atom. The van der Waals surface area contributed by atoms with Gasteiger partial charge in [0.1, 0.15) is 5.82 Å². The SMILES string of the molecule is NCc1nccn1Cc1ncon1. The van der Waals surface area contributed by atoms with E-state index in [-0.39, 0.29) is 0 Å². The van der Waals surface area contributed by atoms with E-state index in [0.717, 1.165) is 5.82 Å². The first-order valence-electron chi connectivity index (χ1n) is 3.85. The van der Waals surface area contributed by atoms with E-state index in [1.54, 1.807) is 6.20 Å². The Balaban J connectivity index is 2.18. The molecule has 0 aliphatic carbocycles. The van der Waals surface area contributed by atoms with Gasteiger partial charge in [-0.3, -0.25) is 0 Å². The summed E-state index contributed by atoms with van der Waals surface area (Å²) in [4.78, 5) is 7.97. The van der Waals surface area contributed by atoms with Gasteiger partial charge in [-0.2, -0.15) is 4.98 Å². The summed E-state index contributed by atoms with van der Waals surface area (Å²) < 4.78 is 6.49. The first kappa shape index (κ1) is 7.93. The summed E-state index contributed by atoms with van der Waals surface area (Å²) >= 11 is 0. The van der Waals surface area contributed by atoms with Crippen LogP contribution < -0.4 is 5.73 Å². The molecule has 0 unspecified atom stereocenters. The summed E-state index contributed by atoms with van der Waals surface area (Å²) in [6.07, 6.45) is 4.83. The largest absolute Gasteiger partial charge is 0.343 e. The number of rotatable bonds is 3. The standard InChI is InChI=1S/C7H9N5O/c8-3-7-9-1-2-12(7)4-6-10-5-13-11-6/h1-2,5H,3-4,8H2. The minimum atomic E-state index is 0.408. The second-order valence-corrected chi connectivity index (χ2v) is 2.52. The number of hydrogen-bond acceptors (Lipinski definition) is 5. The van der Waals surface area contributed by atoms with Crippen LogP contribution in [-0.2, 0) is 13.1 Å². The van der Waals surface area contributed by atoms with Gasteiger partial charge in [-0.25, -0.2) is 4.98 Å². The van der Waals surface area contributed by atoms with Crippen LogP contribution in [-0.4, -0.2) is 19.7 Å². The van der Waals surface area contributed by atoms with E-state index in [1.807, 2.05) is 10.8 Å². The smallest absolute Gasteiger partial charge is 0.213 e. The Labute approximate surface area is 74.4 Å². The van der Waals surface area contributed by atoms with E-state index in [0.29, 0.717) is 18.9 Å². The fourth-order valence-corrected chi connectivity index (χ4v) is 1.09. The van der Waals surface area contributed by atoms with Gasteiger partial charge in [0.15, 0.2) is 5.82 Å². The van der Waals surface area contributed by atoms with Crippen LogP contribution in [0, 0.1) is 0 Å². The van der Waals surface area contributed by atoms with Crippen molar-refractivity contribution in [3.05, 3.63) is 30.4 Å². The van der Waals surface area contributed by atoms with Crippen LogP contribution in [0.2, 0.25) is 0 Å². The zero-order chi connectivity index (χ0) is 9.10. The topological polar surface area (TPSA) is 82.8 Å². The van der Waals surface area contributed by atoms with Crippen molar-refractivity contribution in [3.63, 3.8) is 0 Å². The Morgan fingerprint density at radius 2 is 2.38 bits per heavy atom. The number of hydrogen-bond donors (Lipinski definition) is 1. The lowest BCUT2D eigenvalue weighted by molar-refractivity contribution is 0.408. The highest BCUT2D eigenvalue weighted by atomic mass is 16.5. The minimum Gasteiger partial charge on any atom is -0.343 e.